The second-order valence-electron chi connectivity index (χ2n) is 6.89. The number of halogens is 1. The predicted molar refractivity (Wildman–Crippen MR) is 92.7 cm³/mol. The topological polar surface area (TPSA) is 68.7 Å². The Balaban J connectivity index is 2.20. The van der Waals surface area contributed by atoms with Crippen LogP contribution in [0.4, 0.5) is 4.79 Å². The third-order valence-corrected chi connectivity index (χ3v) is 4.49. The van der Waals surface area contributed by atoms with Gasteiger partial charge < -0.3 is 14.4 Å². The summed E-state index contributed by atoms with van der Waals surface area (Å²) >= 11 is 3.34. The molecule has 6 nitrogen and oxygen atoms in total. The van der Waals surface area contributed by atoms with Crippen molar-refractivity contribution in [2.24, 2.45) is 0 Å². The first kappa shape index (κ1) is 18.7. The van der Waals surface area contributed by atoms with E-state index in [0.29, 0.717) is 36.2 Å². The van der Waals surface area contributed by atoms with Gasteiger partial charge in [-0.15, -0.1) is 0 Å². The van der Waals surface area contributed by atoms with Crippen molar-refractivity contribution in [1.82, 2.24) is 9.88 Å². The van der Waals surface area contributed by atoms with E-state index in [1.807, 2.05) is 39.0 Å². The molecule has 1 aliphatic rings. The molecule has 0 spiro atoms. The molecule has 1 aromatic heterocycles. The van der Waals surface area contributed by atoms with Gasteiger partial charge in [0.2, 0.25) is 0 Å². The Morgan fingerprint density at radius 3 is 2.38 bits per heavy atom. The zero-order valence-electron chi connectivity index (χ0n) is 14.5. The molecule has 2 heterocycles. The molecule has 0 aromatic carbocycles. The van der Waals surface area contributed by atoms with Gasteiger partial charge in [0, 0.05) is 13.1 Å². The van der Waals surface area contributed by atoms with Crippen LogP contribution < -0.4 is 0 Å². The standard InChI is InChI=1S/C17H23BrN2O4/c1-16(2,3)24-15(22)20-10-8-17(9-11-20,14(21)23-4)12-6-5-7-13(18)19-12/h5-7H,8-11H2,1-4H3. The summed E-state index contributed by atoms with van der Waals surface area (Å²) in [6.07, 6.45) is 0.535. The van der Waals surface area contributed by atoms with Crippen LogP contribution >= 0.6 is 15.9 Å². The number of carbonyl (C=O) groups is 2. The van der Waals surface area contributed by atoms with E-state index in [1.165, 1.54) is 7.11 Å². The highest BCUT2D eigenvalue weighted by Gasteiger charge is 2.46. The quantitative estimate of drug-likeness (QED) is 0.564. The van der Waals surface area contributed by atoms with Crippen LogP contribution in [0.2, 0.25) is 0 Å². The van der Waals surface area contributed by atoms with E-state index in [9.17, 15) is 9.59 Å². The molecule has 1 aliphatic heterocycles. The van der Waals surface area contributed by atoms with Gasteiger partial charge in [0.05, 0.1) is 12.8 Å². The number of piperidine rings is 1. The second kappa shape index (κ2) is 7.09. The first-order chi connectivity index (χ1) is 11.2. The van der Waals surface area contributed by atoms with Crippen LogP contribution in [0.1, 0.15) is 39.3 Å². The number of aromatic nitrogens is 1. The van der Waals surface area contributed by atoms with Crippen LogP contribution in [0.25, 0.3) is 0 Å². The Bertz CT molecular complexity index is 619. The Kier molecular flexibility index (Phi) is 5.52. The number of methoxy groups -OCH3 is 1. The van der Waals surface area contributed by atoms with Gasteiger partial charge in [-0.1, -0.05) is 6.07 Å². The molecule has 1 fully saturated rings. The lowest BCUT2D eigenvalue weighted by Gasteiger charge is -2.39. The summed E-state index contributed by atoms with van der Waals surface area (Å²) in [5.41, 5.74) is -0.718. The lowest BCUT2D eigenvalue weighted by molar-refractivity contribution is -0.150. The van der Waals surface area contributed by atoms with Crippen LogP contribution in [-0.4, -0.2) is 47.7 Å². The average molecular weight is 399 g/mol. The molecule has 7 heteroatoms. The molecular weight excluding hydrogens is 376 g/mol. The minimum atomic E-state index is -0.836. The Morgan fingerprint density at radius 2 is 1.88 bits per heavy atom. The molecule has 132 valence electrons. The molecule has 0 unspecified atom stereocenters. The second-order valence-corrected chi connectivity index (χ2v) is 7.70. The smallest absolute Gasteiger partial charge is 0.410 e. The number of rotatable bonds is 2. The highest BCUT2D eigenvalue weighted by atomic mass is 79.9. The highest BCUT2D eigenvalue weighted by Crippen LogP contribution is 2.36. The number of amides is 1. The average Bonchev–Trinajstić information content (AvgIpc) is 2.52. The van der Waals surface area contributed by atoms with E-state index < -0.39 is 11.0 Å². The first-order valence-electron chi connectivity index (χ1n) is 7.87. The molecular formula is C17H23BrN2O4. The number of esters is 1. The summed E-state index contributed by atoms with van der Waals surface area (Å²) in [5, 5.41) is 0. The zero-order chi connectivity index (χ0) is 18.0. The number of hydrogen-bond acceptors (Lipinski definition) is 5. The third-order valence-electron chi connectivity index (χ3n) is 4.05. The van der Waals surface area contributed by atoms with Gasteiger partial charge in [0.25, 0.3) is 0 Å². The molecule has 0 bridgehead atoms. The molecule has 0 atom stereocenters. The number of hydrogen-bond donors (Lipinski definition) is 0. The fourth-order valence-electron chi connectivity index (χ4n) is 2.83. The number of likely N-dealkylation sites (tertiary alicyclic amines) is 1. The van der Waals surface area contributed by atoms with Crippen molar-refractivity contribution in [1.29, 1.82) is 0 Å². The van der Waals surface area contributed by atoms with Gasteiger partial charge in [0.1, 0.15) is 15.6 Å². The van der Waals surface area contributed by atoms with Crippen molar-refractivity contribution < 1.29 is 19.1 Å². The van der Waals surface area contributed by atoms with Crippen molar-refractivity contribution in [3.8, 4) is 0 Å². The zero-order valence-corrected chi connectivity index (χ0v) is 16.1. The number of pyridine rings is 1. The molecule has 24 heavy (non-hydrogen) atoms. The molecule has 0 radical (unpaired) electrons. The first-order valence-corrected chi connectivity index (χ1v) is 8.67. The van der Waals surface area contributed by atoms with E-state index in [-0.39, 0.29) is 12.1 Å². The molecule has 1 saturated heterocycles. The van der Waals surface area contributed by atoms with E-state index in [0.717, 1.165) is 0 Å². The lowest BCUT2D eigenvalue weighted by atomic mass is 9.75. The summed E-state index contributed by atoms with van der Waals surface area (Å²) in [5.74, 6) is -0.322. The van der Waals surface area contributed by atoms with E-state index in [1.54, 1.807) is 4.90 Å². The maximum Gasteiger partial charge on any atom is 0.410 e. The predicted octanol–water partition coefficient (Wildman–Crippen LogP) is 3.29. The number of carbonyl (C=O) groups excluding carboxylic acids is 2. The van der Waals surface area contributed by atoms with Crippen LogP contribution in [-0.2, 0) is 19.7 Å². The summed E-state index contributed by atoms with van der Waals surface area (Å²) in [7, 11) is 1.38. The van der Waals surface area contributed by atoms with Crippen molar-refractivity contribution in [2.75, 3.05) is 20.2 Å². The van der Waals surface area contributed by atoms with Crippen molar-refractivity contribution >= 4 is 28.0 Å². The van der Waals surface area contributed by atoms with Crippen LogP contribution in [0.5, 0.6) is 0 Å². The fourth-order valence-corrected chi connectivity index (χ4v) is 3.18. The van der Waals surface area contributed by atoms with Crippen molar-refractivity contribution in [3.05, 3.63) is 28.5 Å². The van der Waals surface area contributed by atoms with Crippen LogP contribution in [0.15, 0.2) is 22.8 Å². The number of ether oxygens (including phenoxy) is 2. The van der Waals surface area contributed by atoms with E-state index in [2.05, 4.69) is 20.9 Å². The number of nitrogens with zero attached hydrogens (tertiary/aromatic N) is 2. The summed E-state index contributed by atoms with van der Waals surface area (Å²) in [4.78, 5) is 30.8. The van der Waals surface area contributed by atoms with Crippen LogP contribution in [0.3, 0.4) is 0 Å². The largest absolute Gasteiger partial charge is 0.468 e. The summed E-state index contributed by atoms with van der Waals surface area (Å²) in [6.45, 7) is 6.33. The van der Waals surface area contributed by atoms with Gasteiger partial charge in [-0.25, -0.2) is 9.78 Å². The normalized spacial score (nSPS) is 17.3. The van der Waals surface area contributed by atoms with E-state index >= 15 is 0 Å². The Hall–Kier alpha value is -1.63. The maximum atomic E-state index is 12.5. The third kappa shape index (κ3) is 4.06. The Labute approximate surface area is 150 Å². The van der Waals surface area contributed by atoms with Gasteiger partial charge in [0.15, 0.2) is 0 Å². The summed E-state index contributed by atoms with van der Waals surface area (Å²) in [6, 6.07) is 5.48. The monoisotopic (exact) mass is 398 g/mol. The van der Waals surface area contributed by atoms with E-state index in [4.69, 9.17) is 9.47 Å². The van der Waals surface area contributed by atoms with Gasteiger partial charge >= 0.3 is 12.1 Å². The minimum Gasteiger partial charge on any atom is -0.468 e. The van der Waals surface area contributed by atoms with Crippen LogP contribution in [0, 0.1) is 0 Å². The molecule has 0 N–H and O–H groups in total. The SMILES string of the molecule is COC(=O)C1(c2cccc(Br)n2)CCN(C(=O)OC(C)(C)C)CC1. The fraction of sp³-hybridized carbons (Fsp3) is 0.588. The molecule has 2 rings (SSSR count). The van der Waals surface area contributed by atoms with Crippen molar-refractivity contribution in [3.63, 3.8) is 0 Å². The molecule has 1 aromatic rings. The minimum absolute atomic E-state index is 0.322. The van der Waals surface area contributed by atoms with Gasteiger partial charge in [-0.3, -0.25) is 4.79 Å². The molecule has 0 saturated carbocycles. The highest BCUT2D eigenvalue weighted by molar-refractivity contribution is 9.10. The summed E-state index contributed by atoms with van der Waals surface area (Å²) < 4.78 is 11.1. The maximum absolute atomic E-state index is 12.5. The lowest BCUT2D eigenvalue weighted by Crippen LogP contribution is -2.50. The molecule has 0 aliphatic carbocycles. The van der Waals surface area contributed by atoms with Gasteiger partial charge in [-0.2, -0.15) is 0 Å². The van der Waals surface area contributed by atoms with Crippen molar-refractivity contribution in [2.45, 2.75) is 44.6 Å². The molecule has 1 amide bonds. The van der Waals surface area contributed by atoms with Gasteiger partial charge in [-0.05, 0) is 61.7 Å². The Morgan fingerprint density at radius 1 is 1.25 bits per heavy atom.